The number of carbonyl (C=O) groups excluding carboxylic acids is 2. The Morgan fingerprint density at radius 2 is 1.78 bits per heavy atom. The minimum Gasteiger partial charge on any atom is -0.492 e. The highest BCUT2D eigenvalue weighted by molar-refractivity contribution is 6.30. The van der Waals surface area contributed by atoms with Gasteiger partial charge in [-0.05, 0) is 43.3 Å². The number of nitrogens with zero attached hydrogens (tertiary/aromatic N) is 1. The van der Waals surface area contributed by atoms with Crippen molar-refractivity contribution in [2.24, 2.45) is 0 Å². The second kappa shape index (κ2) is 10.4. The zero-order valence-corrected chi connectivity index (χ0v) is 16.2. The molecule has 0 fully saturated rings. The van der Waals surface area contributed by atoms with Crippen molar-refractivity contribution in [3.8, 4) is 11.5 Å². The number of amides is 2. The number of halogens is 1. The summed E-state index contributed by atoms with van der Waals surface area (Å²) in [5.74, 6) is 0.790. The molecule has 0 bridgehead atoms. The summed E-state index contributed by atoms with van der Waals surface area (Å²) in [5, 5.41) is 3.35. The molecular formula is C20H23ClN2O4. The molecule has 0 radical (unpaired) electrons. The third-order valence-electron chi connectivity index (χ3n) is 3.68. The molecule has 0 saturated heterocycles. The van der Waals surface area contributed by atoms with Crippen LogP contribution < -0.4 is 19.7 Å². The molecule has 0 heterocycles. The number of carbonyl (C=O) groups is 2. The third-order valence-corrected chi connectivity index (χ3v) is 3.93. The molecule has 0 atom stereocenters. The average molecular weight is 391 g/mol. The number of para-hydroxylation sites is 2. The maximum atomic E-state index is 12.0. The summed E-state index contributed by atoms with van der Waals surface area (Å²) in [7, 11) is 0. The molecule has 2 rings (SSSR count). The fourth-order valence-corrected chi connectivity index (χ4v) is 2.57. The van der Waals surface area contributed by atoms with E-state index >= 15 is 0 Å². The van der Waals surface area contributed by atoms with Gasteiger partial charge in [-0.1, -0.05) is 23.7 Å². The van der Waals surface area contributed by atoms with E-state index in [-0.39, 0.29) is 18.4 Å². The molecule has 0 aliphatic heterocycles. The van der Waals surface area contributed by atoms with Gasteiger partial charge < -0.3 is 19.7 Å². The Morgan fingerprint density at radius 1 is 1.07 bits per heavy atom. The van der Waals surface area contributed by atoms with Crippen LogP contribution >= 0.6 is 11.6 Å². The number of benzene rings is 2. The zero-order valence-electron chi connectivity index (χ0n) is 15.4. The van der Waals surface area contributed by atoms with Gasteiger partial charge in [0.25, 0.3) is 5.91 Å². The summed E-state index contributed by atoms with van der Waals surface area (Å²) < 4.78 is 11.0. The van der Waals surface area contributed by atoms with Crippen LogP contribution in [-0.4, -0.2) is 38.1 Å². The largest absolute Gasteiger partial charge is 0.492 e. The molecule has 1 N–H and O–H groups in total. The quantitative estimate of drug-likeness (QED) is 0.713. The van der Waals surface area contributed by atoms with Crippen LogP contribution in [0.25, 0.3) is 0 Å². The van der Waals surface area contributed by atoms with Crippen molar-refractivity contribution in [2.45, 2.75) is 13.8 Å². The molecular weight excluding hydrogens is 368 g/mol. The van der Waals surface area contributed by atoms with Gasteiger partial charge in [-0.25, -0.2) is 0 Å². The Bertz CT molecular complexity index is 765. The maximum absolute atomic E-state index is 12.0. The summed E-state index contributed by atoms with van der Waals surface area (Å²) in [6, 6.07) is 14.1. The van der Waals surface area contributed by atoms with Crippen LogP contribution in [0.5, 0.6) is 11.5 Å². The van der Waals surface area contributed by atoms with Crippen molar-refractivity contribution in [2.75, 3.05) is 31.2 Å². The number of hydrogen-bond acceptors (Lipinski definition) is 4. The van der Waals surface area contributed by atoms with Gasteiger partial charge in [0.15, 0.2) is 6.61 Å². The summed E-state index contributed by atoms with van der Waals surface area (Å²) in [4.78, 5) is 25.6. The number of ether oxygens (including phenoxy) is 2. The minimum absolute atomic E-state index is 0.114. The summed E-state index contributed by atoms with van der Waals surface area (Å²) >= 11 is 5.80. The molecule has 27 heavy (non-hydrogen) atoms. The first kappa shape index (κ1) is 20.6. The highest BCUT2D eigenvalue weighted by atomic mass is 35.5. The molecule has 144 valence electrons. The predicted octanol–water partition coefficient (Wildman–Crippen LogP) is 3.29. The van der Waals surface area contributed by atoms with Gasteiger partial charge in [0.2, 0.25) is 5.91 Å². The standard InChI is InChI=1S/C20H23ClN2O4/c1-3-26-19-7-5-4-6-18(19)23(15(2)24)13-12-22-20(25)14-27-17-10-8-16(21)9-11-17/h4-11H,3,12-14H2,1-2H3,(H,22,25). The van der Waals surface area contributed by atoms with Gasteiger partial charge in [0, 0.05) is 25.0 Å². The van der Waals surface area contributed by atoms with Gasteiger partial charge in [-0.2, -0.15) is 0 Å². The molecule has 0 spiro atoms. The lowest BCUT2D eigenvalue weighted by Gasteiger charge is -2.23. The fourth-order valence-electron chi connectivity index (χ4n) is 2.44. The smallest absolute Gasteiger partial charge is 0.258 e. The van der Waals surface area contributed by atoms with Crippen molar-refractivity contribution in [1.29, 1.82) is 0 Å². The molecule has 7 heteroatoms. The Labute approximate surface area is 164 Å². The molecule has 0 unspecified atom stereocenters. The van der Waals surface area contributed by atoms with Crippen molar-refractivity contribution < 1.29 is 19.1 Å². The van der Waals surface area contributed by atoms with Crippen LogP contribution in [0.15, 0.2) is 48.5 Å². The van der Waals surface area contributed by atoms with E-state index in [9.17, 15) is 9.59 Å². The first-order chi connectivity index (χ1) is 13.0. The van der Waals surface area contributed by atoms with E-state index in [1.807, 2.05) is 31.2 Å². The van der Waals surface area contributed by atoms with Gasteiger partial charge in [-0.3, -0.25) is 9.59 Å². The lowest BCUT2D eigenvalue weighted by molar-refractivity contribution is -0.123. The second-order valence-electron chi connectivity index (χ2n) is 5.66. The molecule has 0 aliphatic carbocycles. The Hall–Kier alpha value is -2.73. The van der Waals surface area contributed by atoms with Crippen molar-refractivity contribution in [3.05, 3.63) is 53.6 Å². The Kier molecular flexibility index (Phi) is 7.95. The number of nitrogens with one attached hydrogen (secondary N) is 1. The van der Waals surface area contributed by atoms with Crippen LogP contribution in [-0.2, 0) is 9.59 Å². The van der Waals surface area contributed by atoms with Crippen molar-refractivity contribution in [1.82, 2.24) is 5.32 Å². The molecule has 2 amide bonds. The normalized spacial score (nSPS) is 10.2. The van der Waals surface area contributed by atoms with Gasteiger partial charge in [-0.15, -0.1) is 0 Å². The van der Waals surface area contributed by atoms with E-state index in [4.69, 9.17) is 21.1 Å². The molecule has 2 aromatic carbocycles. The first-order valence-corrected chi connectivity index (χ1v) is 9.04. The van der Waals surface area contributed by atoms with Gasteiger partial charge in [0.1, 0.15) is 11.5 Å². The summed E-state index contributed by atoms with van der Waals surface area (Å²) in [6.07, 6.45) is 0. The SMILES string of the molecule is CCOc1ccccc1N(CCNC(=O)COc1ccc(Cl)cc1)C(C)=O. The van der Waals surface area contributed by atoms with Crippen LogP contribution in [0, 0.1) is 0 Å². The average Bonchev–Trinajstić information content (AvgIpc) is 2.65. The van der Waals surface area contributed by atoms with Crippen LogP contribution in [0.4, 0.5) is 5.69 Å². The van der Waals surface area contributed by atoms with Crippen LogP contribution in [0.2, 0.25) is 5.02 Å². The topological polar surface area (TPSA) is 67.9 Å². The third kappa shape index (κ3) is 6.49. The Balaban J connectivity index is 1.86. The fraction of sp³-hybridized carbons (Fsp3) is 0.300. The van der Waals surface area contributed by atoms with Crippen LogP contribution in [0.3, 0.4) is 0 Å². The lowest BCUT2D eigenvalue weighted by atomic mass is 10.2. The van der Waals surface area contributed by atoms with E-state index in [2.05, 4.69) is 5.32 Å². The highest BCUT2D eigenvalue weighted by Gasteiger charge is 2.16. The van der Waals surface area contributed by atoms with E-state index in [1.165, 1.54) is 6.92 Å². The Morgan fingerprint density at radius 3 is 2.44 bits per heavy atom. The van der Waals surface area contributed by atoms with Crippen molar-refractivity contribution in [3.63, 3.8) is 0 Å². The number of hydrogen-bond donors (Lipinski definition) is 1. The maximum Gasteiger partial charge on any atom is 0.258 e. The monoisotopic (exact) mass is 390 g/mol. The lowest BCUT2D eigenvalue weighted by Crippen LogP contribution is -2.39. The van der Waals surface area contributed by atoms with Crippen LogP contribution in [0.1, 0.15) is 13.8 Å². The van der Waals surface area contributed by atoms with E-state index in [0.29, 0.717) is 41.9 Å². The summed E-state index contributed by atoms with van der Waals surface area (Å²) in [6.45, 7) is 4.37. The van der Waals surface area contributed by atoms with E-state index in [1.54, 1.807) is 29.2 Å². The van der Waals surface area contributed by atoms with Gasteiger partial charge in [0.05, 0.1) is 12.3 Å². The molecule has 0 aliphatic rings. The molecule has 6 nitrogen and oxygen atoms in total. The minimum atomic E-state index is -0.272. The van der Waals surface area contributed by atoms with E-state index in [0.717, 1.165) is 0 Å². The first-order valence-electron chi connectivity index (χ1n) is 8.66. The van der Waals surface area contributed by atoms with Crippen molar-refractivity contribution >= 4 is 29.1 Å². The summed E-state index contributed by atoms with van der Waals surface area (Å²) in [5.41, 5.74) is 0.679. The predicted molar refractivity (Wildman–Crippen MR) is 106 cm³/mol. The molecule has 2 aromatic rings. The zero-order chi connectivity index (χ0) is 19.6. The second-order valence-corrected chi connectivity index (χ2v) is 6.10. The molecule has 0 saturated carbocycles. The molecule has 0 aromatic heterocycles. The number of anilines is 1. The van der Waals surface area contributed by atoms with E-state index < -0.39 is 0 Å². The highest BCUT2D eigenvalue weighted by Crippen LogP contribution is 2.27. The van der Waals surface area contributed by atoms with Gasteiger partial charge >= 0.3 is 0 Å². The number of rotatable bonds is 9.